The summed E-state index contributed by atoms with van der Waals surface area (Å²) in [5.74, 6) is -0.966. The summed E-state index contributed by atoms with van der Waals surface area (Å²) in [6, 6.07) is -2.27. The van der Waals surface area contributed by atoms with Crippen LogP contribution in [0.3, 0.4) is 0 Å². The van der Waals surface area contributed by atoms with Crippen LogP contribution in [-0.4, -0.2) is 51.3 Å². The molecule has 2 amide bonds. The van der Waals surface area contributed by atoms with Crippen LogP contribution < -0.4 is 5.32 Å². The zero-order chi connectivity index (χ0) is 18.2. The fourth-order valence-electron chi connectivity index (χ4n) is 3.65. The van der Waals surface area contributed by atoms with Crippen LogP contribution in [-0.2, 0) is 17.8 Å². The second kappa shape index (κ2) is 6.68. The van der Waals surface area contributed by atoms with Crippen LogP contribution in [0, 0.1) is 0 Å². The summed E-state index contributed by atoms with van der Waals surface area (Å²) in [5, 5.41) is 6.98. The molecule has 1 aromatic heterocycles. The number of hydrogen-bond acceptors (Lipinski definition) is 3. The lowest BCUT2D eigenvalue weighted by Gasteiger charge is -2.40. The normalized spacial score (nSPS) is 23.9. The molecule has 1 fully saturated rings. The third kappa shape index (κ3) is 3.64. The highest BCUT2D eigenvalue weighted by atomic mass is 19.4. The van der Waals surface area contributed by atoms with E-state index in [-0.39, 0.29) is 25.3 Å². The minimum atomic E-state index is -4.45. The Bertz CT molecular complexity index is 671. The smallest absolute Gasteiger partial charge is 0.347 e. The van der Waals surface area contributed by atoms with Gasteiger partial charge in [0.25, 0.3) is 5.91 Å². The van der Waals surface area contributed by atoms with Crippen molar-refractivity contribution < 1.29 is 22.8 Å². The van der Waals surface area contributed by atoms with Gasteiger partial charge in [-0.1, -0.05) is 0 Å². The Morgan fingerprint density at radius 3 is 2.72 bits per heavy atom. The molecule has 2 aliphatic rings. The number of piperidine rings is 1. The fourth-order valence-corrected chi connectivity index (χ4v) is 3.65. The fraction of sp³-hybridized carbons (Fsp3) is 0.688. The van der Waals surface area contributed by atoms with E-state index in [0.717, 1.165) is 43.3 Å². The van der Waals surface area contributed by atoms with E-state index >= 15 is 0 Å². The molecule has 3 rings (SSSR count). The van der Waals surface area contributed by atoms with Gasteiger partial charge in [-0.25, -0.2) is 0 Å². The molecule has 2 atom stereocenters. The second-order valence-corrected chi connectivity index (χ2v) is 6.66. The topological polar surface area (TPSA) is 67.2 Å². The zero-order valence-corrected chi connectivity index (χ0v) is 14.0. The average molecular weight is 358 g/mol. The summed E-state index contributed by atoms with van der Waals surface area (Å²) in [5.41, 5.74) is 1.35. The highest BCUT2D eigenvalue weighted by molar-refractivity contribution is 5.95. The number of rotatable bonds is 2. The van der Waals surface area contributed by atoms with Gasteiger partial charge in [-0.15, -0.1) is 0 Å². The van der Waals surface area contributed by atoms with Gasteiger partial charge >= 0.3 is 6.18 Å². The molecule has 3 heterocycles. The molecule has 25 heavy (non-hydrogen) atoms. The zero-order valence-electron chi connectivity index (χ0n) is 14.0. The molecular weight excluding hydrogens is 337 g/mol. The predicted octanol–water partition coefficient (Wildman–Crippen LogP) is 1.89. The van der Waals surface area contributed by atoms with Gasteiger partial charge < -0.3 is 10.2 Å². The molecule has 1 saturated heterocycles. The standard InChI is InChI=1S/C16H21F3N4O2/c1-10(24)22-9-11(5-6-14(22)16(17,18)19)21-15(25)12-8-20-23-7-3-2-4-13(12)23/h8,11,14H,2-7,9H2,1H3,(H,21,25). The Kier molecular flexibility index (Phi) is 4.75. The molecule has 6 nitrogen and oxygen atoms in total. The van der Waals surface area contributed by atoms with Gasteiger partial charge in [-0.05, 0) is 32.1 Å². The molecule has 2 unspecified atom stereocenters. The Labute approximate surface area is 143 Å². The van der Waals surface area contributed by atoms with Crippen molar-refractivity contribution in [3.05, 3.63) is 17.5 Å². The molecule has 0 bridgehead atoms. The van der Waals surface area contributed by atoms with Crippen molar-refractivity contribution in [3.8, 4) is 0 Å². The SMILES string of the molecule is CC(=O)N1CC(NC(=O)c2cnn3c2CCCC3)CCC1C(F)(F)F. The molecule has 138 valence electrons. The van der Waals surface area contributed by atoms with Gasteiger partial charge in [0.05, 0.1) is 17.5 Å². The molecule has 0 saturated carbocycles. The van der Waals surface area contributed by atoms with Crippen LogP contribution in [0.2, 0.25) is 0 Å². The lowest BCUT2D eigenvalue weighted by molar-refractivity contribution is -0.196. The average Bonchev–Trinajstić information content (AvgIpc) is 2.97. The largest absolute Gasteiger partial charge is 0.408 e. The number of nitrogens with one attached hydrogen (secondary N) is 1. The first kappa shape index (κ1) is 17.8. The highest BCUT2D eigenvalue weighted by Crippen LogP contribution is 2.32. The Morgan fingerprint density at radius 2 is 2.04 bits per heavy atom. The minimum absolute atomic E-state index is 0.130. The van der Waals surface area contributed by atoms with E-state index in [4.69, 9.17) is 0 Å². The van der Waals surface area contributed by atoms with E-state index in [0.29, 0.717) is 5.56 Å². The number of carbonyl (C=O) groups is 2. The van der Waals surface area contributed by atoms with E-state index in [2.05, 4.69) is 10.4 Å². The van der Waals surface area contributed by atoms with Gasteiger partial charge in [0.1, 0.15) is 6.04 Å². The third-order valence-corrected chi connectivity index (χ3v) is 4.93. The summed E-state index contributed by atoms with van der Waals surface area (Å²) in [7, 11) is 0. The van der Waals surface area contributed by atoms with Crippen LogP contribution in [0.1, 0.15) is 48.7 Å². The number of aromatic nitrogens is 2. The molecule has 0 radical (unpaired) electrons. The molecular formula is C16H21F3N4O2. The van der Waals surface area contributed by atoms with Crippen molar-refractivity contribution in [2.45, 2.75) is 63.8 Å². The number of halogens is 3. The Hall–Kier alpha value is -2.06. The summed E-state index contributed by atoms with van der Waals surface area (Å²) >= 11 is 0. The van der Waals surface area contributed by atoms with Crippen molar-refractivity contribution in [2.24, 2.45) is 0 Å². The molecule has 2 aliphatic heterocycles. The number of hydrogen-bond donors (Lipinski definition) is 1. The minimum Gasteiger partial charge on any atom is -0.347 e. The predicted molar refractivity (Wildman–Crippen MR) is 82.9 cm³/mol. The molecule has 1 N–H and O–H groups in total. The van der Waals surface area contributed by atoms with E-state index in [1.54, 1.807) is 4.68 Å². The Morgan fingerprint density at radius 1 is 1.28 bits per heavy atom. The maximum atomic E-state index is 13.1. The first-order chi connectivity index (χ1) is 11.8. The summed E-state index contributed by atoms with van der Waals surface area (Å²) in [6.45, 7) is 1.77. The van der Waals surface area contributed by atoms with Crippen molar-refractivity contribution in [3.63, 3.8) is 0 Å². The van der Waals surface area contributed by atoms with Crippen LogP contribution in [0.4, 0.5) is 13.2 Å². The number of fused-ring (bicyclic) bond motifs is 1. The molecule has 0 aromatic carbocycles. The number of likely N-dealkylation sites (tertiary alicyclic amines) is 1. The number of carbonyl (C=O) groups excluding carboxylic acids is 2. The quantitative estimate of drug-likeness (QED) is 0.878. The lowest BCUT2D eigenvalue weighted by atomic mass is 9.97. The Balaban J connectivity index is 1.68. The number of aryl methyl sites for hydroxylation is 1. The molecule has 0 aliphatic carbocycles. The monoisotopic (exact) mass is 358 g/mol. The maximum absolute atomic E-state index is 13.1. The van der Waals surface area contributed by atoms with Gasteiger partial charge in [0, 0.05) is 26.1 Å². The van der Waals surface area contributed by atoms with Crippen LogP contribution in [0.25, 0.3) is 0 Å². The van der Waals surface area contributed by atoms with Gasteiger partial charge in [0.15, 0.2) is 0 Å². The van der Waals surface area contributed by atoms with Crippen molar-refractivity contribution in [1.82, 2.24) is 20.0 Å². The summed E-state index contributed by atoms with van der Waals surface area (Å²) in [4.78, 5) is 24.9. The van der Waals surface area contributed by atoms with Crippen LogP contribution in [0.15, 0.2) is 6.20 Å². The van der Waals surface area contributed by atoms with Crippen LogP contribution >= 0.6 is 0 Å². The first-order valence-corrected chi connectivity index (χ1v) is 8.47. The molecule has 0 spiro atoms. The first-order valence-electron chi connectivity index (χ1n) is 8.47. The van der Waals surface area contributed by atoms with Crippen LogP contribution in [0.5, 0.6) is 0 Å². The number of amides is 2. The second-order valence-electron chi connectivity index (χ2n) is 6.66. The van der Waals surface area contributed by atoms with E-state index in [1.807, 2.05) is 0 Å². The van der Waals surface area contributed by atoms with E-state index in [1.165, 1.54) is 6.20 Å². The third-order valence-electron chi connectivity index (χ3n) is 4.93. The molecule has 1 aromatic rings. The molecule has 9 heteroatoms. The van der Waals surface area contributed by atoms with Gasteiger partial charge in [-0.2, -0.15) is 18.3 Å². The van der Waals surface area contributed by atoms with Gasteiger partial charge in [-0.3, -0.25) is 14.3 Å². The van der Waals surface area contributed by atoms with E-state index in [9.17, 15) is 22.8 Å². The number of alkyl halides is 3. The van der Waals surface area contributed by atoms with Crippen molar-refractivity contribution >= 4 is 11.8 Å². The summed E-state index contributed by atoms with van der Waals surface area (Å²) < 4.78 is 41.0. The van der Waals surface area contributed by atoms with Gasteiger partial charge in [0.2, 0.25) is 5.91 Å². The maximum Gasteiger partial charge on any atom is 0.408 e. The van der Waals surface area contributed by atoms with Crippen molar-refractivity contribution in [2.75, 3.05) is 6.54 Å². The number of nitrogens with zero attached hydrogens (tertiary/aromatic N) is 3. The highest BCUT2D eigenvalue weighted by Gasteiger charge is 2.47. The van der Waals surface area contributed by atoms with Crippen molar-refractivity contribution in [1.29, 1.82) is 0 Å². The lowest BCUT2D eigenvalue weighted by Crippen LogP contribution is -2.57. The summed E-state index contributed by atoms with van der Waals surface area (Å²) in [6.07, 6.45) is -0.190. The van der Waals surface area contributed by atoms with E-state index < -0.39 is 24.2 Å².